The van der Waals surface area contributed by atoms with Gasteiger partial charge in [0.25, 0.3) is 5.91 Å². The average Bonchev–Trinajstić information content (AvgIpc) is 3.15. The zero-order valence-electron chi connectivity index (χ0n) is 13.7. The summed E-state index contributed by atoms with van der Waals surface area (Å²) in [6.45, 7) is 0.558. The lowest BCUT2D eigenvalue weighted by Gasteiger charge is -2.19. The van der Waals surface area contributed by atoms with Crippen molar-refractivity contribution in [3.8, 4) is 0 Å². The van der Waals surface area contributed by atoms with E-state index in [2.05, 4.69) is 12.1 Å². The lowest BCUT2D eigenvalue weighted by Crippen LogP contribution is -2.35. The molecule has 1 atom stereocenters. The molecule has 0 saturated heterocycles. The zero-order valence-corrected chi connectivity index (χ0v) is 13.7. The van der Waals surface area contributed by atoms with Crippen molar-refractivity contribution in [2.75, 3.05) is 6.54 Å². The van der Waals surface area contributed by atoms with Crippen molar-refractivity contribution in [1.29, 1.82) is 0 Å². The second-order valence-corrected chi connectivity index (χ2v) is 6.03. The summed E-state index contributed by atoms with van der Waals surface area (Å²) >= 11 is 0. The molecule has 1 aliphatic rings. The fourth-order valence-electron chi connectivity index (χ4n) is 3.11. The standard InChI is InChI=1S/C22H18N2O/c25-22(19-14-8-3-9-15-19)24-16-20(17-10-4-1-5-11-17)23-21(24)18-12-6-2-7-13-18/h1-15,20H,16H2. The van der Waals surface area contributed by atoms with E-state index in [1.165, 1.54) is 0 Å². The van der Waals surface area contributed by atoms with Gasteiger partial charge in [-0.25, -0.2) is 0 Å². The second-order valence-electron chi connectivity index (χ2n) is 6.03. The van der Waals surface area contributed by atoms with E-state index in [1.807, 2.05) is 78.9 Å². The number of carbonyl (C=O) groups is 1. The molecule has 0 fully saturated rings. The Morgan fingerprint density at radius 2 is 1.36 bits per heavy atom. The third-order valence-corrected chi connectivity index (χ3v) is 4.37. The van der Waals surface area contributed by atoms with Gasteiger partial charge in [0, 0.05) is 11.1 Å². The molecular weight excluding hydrogens is 308 g/mol. The molecule has 1 amide bonds. The molecule has 0 saturated carbocycles. The highest BCUT2D eigenvalue weighted by Crippen LogP contribution is 2.28. The Morgan fingerprint density at radius 1 is 0.800 bits per heavy atom. The Balaban J connectivity index is 1.73. The molecule has 3 nitrogen and oxygen atoms in total. The van der Waals surface area contributed by atoms with Crippen molar-refractivity contribution in [2.45, 2.75) is 6.04 Å². The largest absolute Gasteiger partial charge is 0.290 e. The molecule has 3 heteroatoms. The van der Waals surface area contributed by atoms with Crippen LogP contribution in [0.2, 0.25) is 0 Å². The van der Waals surface area contributed by atoms with Gasteiger partial charge in [0.05, 0.1) is 12.6 Å². The fourth-order valence-corrected chi connectivity index (χ4v) is 3.11. The van der Waals surface area contributed by atoms with Crippen LogP contribution < -0.4 is 0 Å². The van der Waals surface area contributed by atoms with Crippen LogP contribution in [-0.4, -0.2) is 23.2 Å². The Morgan fingerprint density at radius 3 is 2.00 bits per heavy atom. The number of rotatable bonds is 3. The van der Waals surface area contributed by atoms with Gasteiger partial charge in [-0.1, -0.05) is 78.9 Å². The Hall–Kier alpha value is -3.20. The van der Waals surface area contributed by atoms with Crippen molar-refractivity contribution in [3.05, 3.63) is 108 Å². The van der Waals surface area contributed by atoms with Crippen molar-refractivity contribution in [1.82, 2.24) is 4.90 Å². The highest BCUT2D eigenvalue weighted by atomic mass is 16.2. The quantitative estimate of drug-likeness (QED) is 0.705. The summed E-state index contributed by atoms with van der Waals surface area (Å²) in [5, 5.41) is 0. The third-order valence-electron chi connectivity index (χ3n) is 4.37. The van der Waals surface area contributed by atoms with E-state index in [1.54, 1.807) is 4.90 Å². The van der Waals surface area contributed by atoms with Crippen LogP contribution in [0.4, 0.5) is 0 Å². The minimum Gasteiger partial charge on any atom is -0.290 e. The number of benzene rings is 3. The van der Waals surface area contributed by atoms with Gasteiger partial charge in [-0.2, -0.15) is 0 Å². The molecule has 25 heavy (non-hydrogen) atoms. The van der Waals surface area contributed by atoms with Gasteiger partial charge >= 0.3 is 0 Å². The first-order valence-electron chi connectivity index (χ1n) is 8.38. The highest BCUT2D eigenvalue weighted by Gasteiger charge is 2.31. The fraction of sp³-hybridized carbons (Fsp3) is 0.0909. The Bertz CT molecular complexity index is 889. The normalized spacial score (nSPS) is 16.6. The van der Waals surface area contributed by atoms with Crippen LogP contribution in [0.15, 0.2) is 96.0 Å². The zero-order chi connectivity index (χ0) is 17.1. The van der Waals surface area contributed by atoms with Crippen LogP contribution in [0, 0.1) is 0 Å². The summed E-state index contributed by atoms with van der Waals surface area (Å²) < 4.78 is 0. The highest BCUT2D eigenvalue weighted by molar-refractivity contribution is 6.13. The number of amidine groups is 1. The van der Waals surface area contributed by atoms with E-state index >= 15 is 0 Å². The SMILES string of the molecule is O=C(c1ccccc1)N1CC(c2ccccc2)N=C1c1ccccc1. The lowest BCUT2D eigenvalue weighted by atomic mass is 10.1. The predicted molar refractivity (Wildman–Crippen MR) is 99.6 cm³/mol. The first-order valence-corrected chi connectivity index (χ1v) is 8.38. The number of aliphatic imine (C=N–C) groups is 1. The average molecular weight is 326 g/mol. The predicted octanol–water partition coefficient (Wildman–Crippen LogP) is 4.33. The molecule has 0 radical (unpaired) electrons. The molecule has 0 bridgehead atoms. The number of amides is 1. The molecular formula is C22H18N2O. The van der Waals surface area contributed by atoms with Gasteiger partial charge in [0.1, 0.15) is 5.84 Å². The van der Waals surface area contributed by atoms with Crippen LogP contribution >= 0.6 is 0 Å². The second kappa shape index (κ2) is 6.73. The number of carbonyl (C=O) groups excluding carboxylic acids is 1. The molecule has 0 N–H and O–H groups in total. The van der Waals surface area contributed by atoms with Crippen LogP contribution in [0.1, 0.15) is 27.5 Å². The van der Waals surface area contributed by atoms with Crippen molar-refractivity contribution in [3.63, 3.8) is 0 Å². The summed E-state index contributed by atoms with van der Waals surface area (Å²) in [5.74, 6) is 0.727. The molecule has 0 aliphatic carbocycles. The molecule has 3 aromatic carbocycles. The van der Waals surface area contributed by atoms with E-state index < -0.39 is 0 Å². The molecule has 122 valence electrons. The molecule has 1 aliphatic heterocycles. The van der Waals surface area contributed by atoms with Crippen molar-refractivity contribution >= 4 is 11.7 Å². The first-order chi connectivity index (χ1) is 12.3. The van der Waals surface area contributed by atoms with Crippen LogP contribution in [0.25, 0.3) is 0 Å². The van der Waals surface area contributed by atoms with Crippen LogP contribution in [0.5, 0.6) is 0 Å². The Kier molecular flexibility index (Phi) is 4.13. The first kappa shape index (κ1) is 15.3. The van der Waals surface area contributed by atoms with Crippen LogP contribution in [-0.2, 0) is 0 Å². The Labute approximate surface area is 147 Å². The maximum absolute atomic E-state index is 13.1. The van der Waals surface area contributed by atoms with Crippen LogP contribution in [0.3, 0.4) is 0 Å². The topological polar surface area (TPSA) is 32.7 Å². The van der Waals surface area contributed by atoms with E-state index in [0.717, 1.165) is 17.0 Å². The number of hydrogen-bond acceptors (Lipinski definition) is 2. The molecule has 3 aromatic rings. The number of hydrogen-bond donors (Lipinski definition) is 0. The summed E-state index contributed by atoms with van der Waals surface area (Å²) in [7, 11) is 0. The minimum atomic E-state index is -0.0379. The van der Waals surface area contributed by atoms with Gasteiger partial charge < -0.3 is 0 Å². The van der Waals surface area contributed by atoms with Gasteiger partial charge in [-0.3, -0.25) is 14.7 Å². The maximum Gasteiger partial charge on any atom is 0.259 e. The third kappa shape index (κ3) is 3.09. The van der Waals surface area contributed by atoms with Crippen molar-refractivity contribution < 1.29 is 4.79 Å². The minimum absolute atomic E-state index is 0.0124. The molecule has 0 aromatic heterocycles. The molecule has 1 unspecified atom stereocenters. The summed E-state index contributed by atoms with van der Waals surface area (Å²) in [6, 6.07) is 29.4. The van der Waals surface area contributed by atoms with Crippen molar-refractivity contribution in [2.24, 2.45) is 4.99 Å². The molecule has 1 heterocycles. The summed E-state index contributed by atoms with van der Waals surface area (Å²) in [4.78, 5) is 19.7. The van der Waals surface area contributed by atoms with E-state index in [9.17, 15) is 4.79 Å². The summed E-state index contributed by atoms with van der Waals surface area (Å²) in [5.41, 5.74) is 2.77. The molecule has 0 spiro atoms. The monoisotopic (exact) mass is 326 g/mol. The van der Waals surface area contributed by atoms with E-state index in [-0.39, 0.29) is 11.9 Å². The van der Waals surface area contributed by atoms with Gasteiger partial charge in [-0.05, 0) is 17.7 Å². The lowest BCUT2D eigenvalue weighted by molar-refractivity contribution is 0.0853. The molecule has 4 rings (SSSR count). The summed E-state index contributed by atoms with van der Waals surface area (Å²) in [6.07, 6.45) is 0. The van der Waals surface area contributed by atoms with E-state index in [4.69, 9.17) is 4.99 Å². The smallest absolute Gasteiger partial charge is 0.259 e. The van der Waals surface area contributed by atoms with Gasteiger partial charge in [0.2, 0.25) is 0 Å². The number of nitrogens with zero attached hydrogens (tertiary/aromatic N) is 2. The van der Waals surface area contributed by atoms with E-state index in [0.29, 0.717) is 12.1 Å². The van der Waals surface area contributed by atoms with Gasteiger partial charge in [-0.15, -0.1) is 0 Å². The van der Waals surface area contributed by atoms with Gasteiger partial charge in [0.15, 0.2) is 0 Å². The maximum atomic E-state index is 13.1.